The molecule has 3 amide bonds. The Kier molecular flexibility index (Phi) is 5.88. The summed E-state index contributed by atoms with van der Waals surface area (Å²) in [6, 6.07) is 6.79. The van der Waals surface area contributed by atoms with Gasteiger partial charge in [0, 0.05) is 25.6 Å². The first-order valence-corrected chi connectivity index (χ1v) is 9.34. The maximum absolute atomic E-state index is 12.8. The molecule has 1 heterocycles. The van der Waals surface area contributed by atoms with Gasteiger partial charge in [0.05, 0.1) is 24.7 Å². The van der Waals surface area contributed by atoms with Gasteiger partial charge in [-0.1, -0.05) is 25.0 Å². The van der Waals surface area contributed by atoms with Gasteiger partial charge in [-0.2, -0.15) is 0 Å². The number of benzene rings is 1. The minimum Gasteiger partial charge on any atom is -0.469 e. The van der Waals surface area contributed by atoms with E-state index in [4.69, 9.17) is 0 Å². The van der Waals surface area contributed by atoms with Gasteiger partial charge in [-0.25, -0.2) is 0 Å². The molecule has 0 radical (unpaired) electrons. The van der Waals surface area contributed by atoms with Gasteiger partial charge in [0.1, 0.15) is 0 Å². The topological polar surface area (TPSA) is 84.0 Å². The lowest BCUT2D eigenvalue weighted by Gasteiger charge is -2.29. The molecule has 0 spiro atoms. The molecule has 1 fully saturated rings. The molecule has 1 saturated carbocycles. The molecule has 144 valence electrons. The molecular weight excluding hydrogens is 348 g/mol. The van der Waals surface area contributed by atoms with Crippen molar-refractivity contribution in [1.29, 1.82) is 0 Å². The monoisotopic (exact) mass is 372 g/mol. The van der Waals surface area contributed by atoms with Crippen LogP contribution in [-0.4, -0.2) is 59.7 Å². The number of fused-ring (bicyclic) bond motifs is 1. The standard InChI is InChI=1S/C20H24N2O5/c1-27-18(24)11-13-21(14-6-2-3-7-14)17(23)10-12-22-19(25)15-8-4-5-9-16(15)20(22)26/h4-5,8-9,14H,2-3,6-7,10-13H2,1H3. The van der Waals surface area contributed by atoms with Gasteiger partial charge >= 0.3 is 5.97 Å². The lowest BCUT2D eigenvalue weighted by Crippen LogP contribution is -2.42. The van der Waals surface area contributed by atoms with Gasteiger partial charge in [-0.3, -0.25) is 24.1 Å². The minimum absolute atomic E-state index is 0.0482. The highest BCUT2D eigenvalue weighted by molar-refractivity contribution is 6.21. The Morgan fingerprint density at radius 3 is 2.22 bits per heavy atom. The highest BCUT2D eigenvalue weighted by atomic mass is 16.5. The van der Waals surface area contributed by atoms with Gasteiger partial charge in [0.25, 0.3) is 11.8 Å². The van der Waals surface area contributed by atoms with Crippen LogP contribution in [0.4, 0.5) is 0 Å². The Morgan fingerprint density at radius 1 is 1.07 bits per heavy atom. The molecule has 1 aliphatic heterocycles. The molecule has 0 bridgehead atoms. The summed E-state index contributed by atoms with van der Waals surface area (Å²) in [6.07, 6.45) is 4.16. The molecule has 0 unspecified atom stereocenters. The van der Waals surface area contributed by atoms with Gasteiger partial charge in [-0.05, 0) is 25.0 Å². The molecule has 1 aromatic carbocycles. The first-order chi connectivity index (χ1) is 13.0. The van der Waals surface area contributed by atoms with E-state index in [1.54, 1.807) is 29.2 Å². The molecule has 0 atom stereocenters. The van der Waals surface area contributed by atoms with Crippen molar-refractivity contribution < 1.29 is 23.9 Å². The van der Waals surface area contributed by atoms with E-state index in [1.165, 1.54) is 7.11 Å². The van der Waals surface area contributed by atoms with Gasteiger partial charge in [0.15, 0.2) is 0 Å². The van der Waals surface area contributed by atoms with Crippen molar-refractivity contribution in [1.82, 2.24) is 9.80 Å². The van der Waals surface area contributed by atoms with Crippen molar-refractivity contribution >= 4 is 23.7 Å². The molecule has 3 rings (SSSR count). The Labute approximate surface area is 158 Å². The summed E-state index contributed by atoms with van der Waals surface area (Å²) < 4.78 is 4.67. The Morgan fingerprint density at radius 2 is 1.67 bits per heavy atom. The van der Waals surface area contributed by atoms with E-state index in [0.29, 0.717) is 17.7 Å². The van der Waals surface area contributed by atoms with Crippen LogP contribution in [0.2, 0.25) is 0 Å². The highest BCUT2D eigenvalue weighted by Gasteiger charge is 2.36. The molecule has 1 aromatic rings. The molecule has 7 heteroatoms. The molecule has 2 aliphatic rings. The highest BCUT2D eigenvalue weighted by Crippen LogP contribution is 2.26. The van der Waals surface area contributed by atoms with Crippen LogP contribution in [0.5, 0.6) is 0 Å². The van der Waals surface area contributed by atoms with Crippen molar-refractivity contribution in [2.24, 2.45) is 0 Å². The fraction of sp³-hybridized carbons (Fsp3) is 0.500. The van der Waals surface area contributed by atoms with Crippen molar-refractivity contribution in [3.05, 3.63) is 35.4 Å². The number of amides is 3. The first-order valence-electron chi connectivity index (χ1n) is 9.34. The van der Waals surface area contributed by atoms with E-state index in [0.717, 1.165) is 30.6 Å². The van der Waals surface area contributed by atoms with Crippen LogP contribution in [0, 0.1) is 0 Å². The predicted octanol–water partition coefficient (Wildman–Crippen LogP) is 2.01. The molecule has 27 heavy (non-hydrogen) atoms. The largest absolute Gasteiger partial charge is 0.469 e. The summed E-state index contributed by atoms with van der Waals surface area (Å²) in [7, 11) is 1.33. The third kappa shape index (κ3) is 4.02. The summed E-state index contributed by atoms with van der Waals surface area (Å²) in [5.41, 5.74) is 0.765. The summed E-state index contributed by atoms with van der Waals surface area (Å²) in [4.78, 5) is 52.0. The smallest absolute Gasteiger partial charge is 0.307 e. The number of nitrogens with zero attached hydrogens (tertiary/aromatic N) is 2. The number of esters is 1. The van der Waals surface area contributed by atoms with Gasteiger partial charge < -0.3 is 9.64 Å². The lowest BCUT2D eigenvalue weighted by atomic mass is 10.1. The van der Waals surface area contributed by atoms with Gasteiger partial charge in [-0.15, -0.1) is 0 Å². The molecule has 0 aromatic heterocycles. The first kappa shape index (κ1) is 19.1. The second-order valence-corrected chi connectivity index (χ2v) is 6.91. The van der Waals surface area contributed by atoms with E-state index in [9.17, 15) is 19.2 Å². The van der Waals surface area contributed by atoms with E-state index in [1.807, 2.05) is 0 Å². The summed E-state index contributed by atoms with van der Waals surface area (Å²) in [6.45, 7) is 0.352. The number of imide groups is 1. The maximum atomic E-state index is 12.8. The van der Waals surface area contributed by atoms with Crippen LogP contribution in [0.15, 0.2) is 24.3 Å². The number of ether oxygens (including phenoxy) is 1. The predicted molar refractivity (Wildman–Crippen MR) is 97.0 cm³/mol. The minimum atomic E-state index is -0.356. The summed E-state index contributed by atoms with van der Waals surface area (Å²) in [5, 5.41) is 0. The van der Waals surface area contributed by atoms with Gasteiger partial charge in [0.2, 0.25) is 5.91 Å². The quantitative estimate of drug-likeness (QED) is 0.540. The molecule has 7 nitrogen and oxygen atoms in total. The normalized spacial score (nSPS) is 16.6. The number of carbonyl (C=O) groups is 4. The zero-order valence-electron chi connectivity index (χ0n) is 15.5. The fourth-order valence-electron chi connectivity index (χ4n) is 3.83. The lowest BCUT2D eigenvalue weighted by molar-refractivity contribution is -0.142. The molecular formula is C20H24N2O5. The van der Waals surface area contributed by atoms with Crippen LogP contribution in [0.1, 0.15) is 59.2 Å². The van der Waals surface area contributed by atoms with Crippen LogP contribution in [0.25, 0.3) is 0 Å². The second kappa shape index (κ2) is 8.33. The van der Waals surface area contributed by atoms with Crippen molar-refractivity contribution in [2.45, 2.75) is 44.6 Å². The average molecular weight is 372 g/mol. The number of hydrogen-bond acceptors (Lipinski definition) is 5. The zero-order chi connectivity index (χ0) is 19.4. The SMILES string of the molecule is COC(=O)CCN(C(=O)CCN1C(=O)c2ccccc2C1=O)C1CCCC1. The van der Waals surface area contributed by atoms with E-state index in [-0.39, 0.29) is 49.1 Å². The van der Waals surface area contributed by atoms with E-state index in [2.05, 4.69) is 4.74 Å². The number of rotatable bonds is 7. The Hall–Kier alpha value is -2.70. The van der Waals surface area contributed by atoms with E-state index < -0.39 is 0 Å². The van der Waals surface area contributed by atoms with Crippen LogP contribution >= 0.6 is 0 Å². The zero-order valence-corrected chi connectivity index (χ0v) is 15.5. The summed E-state index contributed by atoms with van der Waals surface area (Å²) >= 11 is 0. The maximum Gasteiger partial charge on any atom is 0.307 e. The van der Waals surface area contributed by atoms with Crippen molar-refractivity contribution in [2.75, 3.05) is 20.2 Å². The molecule has 1 aliphatic carbocycles. The van der Waals surface area contributed by atoms with E-state index >= 15 is 0 Å². The number of hydrogen-bond donors (Lipinski definition) is 0. The number of carbonyl (C=O) groups excluding carboxylic acids is 4. The van der Waals surface area contributed by atoms with Crippen LogP contribution < -0.4 is 0 Å². The fourth-order valence-corrected chi connectivity index (χ4v) is 3.83. The number of methoxy groups -OCH3 is 1. The van der Waals surface area contributed by atoms with Crippen LogP contribution in [-0.2, 0) is 14.3 Å². The third-order valence-corrected chi connectivity index (χ3v) is 5.30. The average Bonchev–Trinajstić information content (AvgIpc) is 3.29. The second-order valence-electron chi connectivity index (χ2n) is 6.91. The Bertz CT molecular complexity index is 719. The molecule has 0 N–H and O–H groups in total. The molecule has 0 saturated heterocycles. The Balaban J connectivity index is 1.63. The van der Waals surface area contributed by atoms with Crippen molar-refractivity contribution in [3.8, 4) is 0 Å². The summed E-state index contributed by atoms with van der Waals surface area (Å²) in [5.74, 6) is -1.20. The van der Waals surface area contributed by atoms with Crippen molar-refractivity contribution in [3.63, 3.8) is 0 Å². The third-order valence-electron chi connectivity index (χ3n) is 5.30. The van der Waals surface area contributed by atoms with Crippen LogP contribution in [0.3, 0.4) is 0 Å².